The van der Waals surface area contributed by atoms with Crippen molar-refractivity contribution in [1.82, 2.24) is 0 Å². The number of nitrogens with one attached hydrogen (secondary N) is 1. The molecular formula is C23H20Cl2N2O2. The van der Waals surface area contributed by atoms with Gasteiger partial charge in [-0.1, -0.05) is 41.4 Å². The van der Waals surface area contributed by atoms with Crippen molar-refractivity contribution in [2.45, 2.75) is 13.8 Å². The molecular weight excluding hydrogens is 407 g/mol. The van der Waals surface area contributed by atoms with E-state index in [1.54, 1.807) is 24.4 Å². The number of halogens is 2. The van der Waals surface area contributed by atoms with Gasteiger partial charge < -0.3 is 10.1 Å². The lowest BCUT2D eigenvalue weighted by Crippen LogP contribution is -2.20. The first kappa shape index (κ1) is 20.9. The van der Waals surface area contributed by atoms with Crippen LogP contribution in [0.5, 0.6) is 5.75 Å². The highest BCUT2D eigenvalue weighted by atomic mass is 35.5. The third-order valence-electron chi connectivity index (χ3n) is 4.21. The van der Waals surface area contributed by atoms with Crippen LogP contribution in [0.2, 0.25) is 10.0 Å². The Morgan fingerprint density at radius 2 is 1.86 bits per heavy atom. The summed E-state index contributed by atoms with van der Waals surface area (Å²) >= 11 is 12.3. The fourth-order valence-corrected chi connectivity index (χ4v) is 3.04. The number of benzene rings is 3. The molecule has 3 rings (SSSR count). The number of carbonyl (C=O) groups excluding carboxylic acids is 1. The molecule has 0 aliphatic rings. The molecule has 4 nitrogen and oxygen atoms in total. The summed E-state index contributed by atoms with van der Waals surface area (Å²) in [4.78, 5) is 16.7. The van der Waals surface area contributed by atoms with Gasteiger partial charge in [0.15, 0.2) is 6.61 Å². The van der Waals surface area contributed by atoms with Crippen LogP contribution < -0.4 is 10.1 Å². The number of hydrogen-bond donors (Lipinski definition) is 1. The van der Waals surface area contributed by atoms with E-state index < -0.39 is 0 Å². The number of hydrogen-bond acceptors (Lipinski definition) is 3. The Labute approximate surface area is 180 Å². The Morgan fingerprint density at radius 3 is 2.66 bits per heavy atom. The van der Waals surface area contributed by atoms with Crippen LogP contribution in [0.1, 0.15) is 16.7 Å². The van der Waals surface area contributed by atoms with Gasteiger partial charge in [-0.25, -0.2) is 0 Å². The third kappa shape index (κ3) is 5.83. The van der Waals surface area contributed by atoms with Crippen molar-refractivity contribution in [2.24, 2.45) is 4.99 Å². The van der Waals surface area contributed by atoms with Gasteiger partial charge in [-0.2, -0.15) is 0 Å². The van der Waals surface area contributed by atoms with Gasteiger partial charge in [0.2, 0.25) is 0 Å². The Kier molecular flexibility index (Phi) is 6.91. The first-order valence-corrected chi connectivity index (χ1v) is 9.76. The molecule has 0 saturated heterocycles. The van der Waals surface area contributed by atoms with E-state index >= 15 is 0 Å². The highest BCUT2D eigenvalue weighted by molar-refractivity contribution is 6.31. The maximum atomic E-state index is 12.2. The van der Waals surface area contributed by atoms with Gasteiger partial charge in [0.05, 0.1) is 5.69 Å². The standard InChI is InChI=1S/C23H20Cl2N2O2/c1-15-5-3-6-19(11-15)27-23(28)14-29-22-10-9-18(24)12-17(22)13-26-21-8-4-7-20(25)16(21)2/h3-13H,14H2,1-2H3,(H,27,28). The molecule has 1 amide bonds. The van der Waals surface area contributed by atoms with E-state index in [4.69, 9.17) is 27.9 Å². The smallest absolute Gasteiger partial charge is 0.262 e. The second-order valence-corrected chi connectivity index (χ2v) is 7.37. The molecule has 148 valence electrons. The molecule has 0 atom stereocenters. The number of nitrogens with zero attached hydrogens (tertiary/aromatic N) is 1. The van der Waals surface area contributed by atoms with Crippen molar-refractivity contribution < 1.29 is 9.53 Å². The quantitative estimate of drug-likeness (QED) is 0.464. The first-order chi connectivity index (χ1) is 13.9. The molecule has 0 spiro atoms. The Morgan fingerprint density at radius 1 is 1.07 bits per heavy atom. The molecule has 0 unspecified atom stereocenters. The third-order valence-corrected chi connectivity index (χ3v) is 4.86. The highest BCUT2D eigenvalue weighted by Gasteiger charge is 2.08. The molecule has 3 aromatic rings. The van der Waals surface area contributed by atoms with Gasteiger partial charge in [0.25, 0.3) is 5.91 Å². The predicted molar refractivity (Wildman–Crippen MR) is 120 cm³/mol. The summed E-state index contributed by atoms with van der Waals surface area (Å²) in [5.41, 5.74) is 4.09. The summed E-state index contributed by atoms with van der Waals surface area (Å²) in [6.45, 7) is 3.74. The molecule has 0 saturated carbocycles. The molecule has 0 aromatic heterocycles. The van der Waals surface area contributed by atoms with Crippen LogP contribution in [0.3, 0.4) is 0 Å². The SMILES string of the molecule is Cc1cccc(NC(=O)COc2ccc(Cl)cc2C=Nc2cccc(Cl)c2C)c1. The van der Waals surface area contributed by atoms with Gasteiger partial charge in [-0.3, -0.25) is 9.79 Å². The van der Waals surface area contributed by atoms with Gasteiger partial charge >= 0.3 is 0 Å². The molecule has 0 radical (unpaired) electrons. The maximum Gasteiger partial charge on any atom is 0.262 e. The number of amides is 1. The van der Waals surface area contributed by atoms with E-state index in [9.17, 15) is 4.79 Å². The average molecular weight is 427 g/mol. The van der Waals surface area contributed by atoms with Crippen LogP contribution in [0.15, 0.2) is 65.7 Å². The summed E-state index contributed by atoms with van der Waals surface area (Å²) in [5.74, 6) is 0.261. The molecule has 0 bridgehead atoms. The van der Waals surface area contributed by atoms with E-state index in [0.717, 1.165) is 22.5 Å². The summed E-state index contributed by atoms with van der Waals surface area (Å²) in [5, 5.41) is 4.01. The van der Waals surface area contributed by atoms with Gasteiger partial charge in [0, 0.05) is 27.5 Å². The second kappa shape index (κ2) is 9.59. The molecule has 3 aromatic carbocycles. The zero-order chi connectivity index (χ0) is 20.8. The molecule has 0 heterocycles. The lowest BCUT2D eigenvalue weighted by molar-refractivity contribution is -0.118. The number of aliphatic imine (C=N–C) groups is 1. The number of ether oxygens (including phenoxy) is 1. The summed E-state index contributed by atoms with van der Waals surface area (Å²) < 4.78 is 5.71. The Hall–Kier alpha value is -2.82. The van der Waals surface area contributed by atoms with E-state index in [-0.39, 0.29) is 12.5 Å². The van der Waals surface area contributed by atoms with Gasteiger partial charge in [-0.05, 0) is 67.4 Å². The van der Waals surface area contributed by atoms with Crippen LogP contribution >= 0.6 is 23.2 Å². The number of anilines is 1. The zero-order valence-electron chi connectivity index (χ0n) is 16.1. The molecule has 0 aliphatic heterocycles. The molecule has 6 heteroatoms. The fourth-order valence-electron chi connectivity index (χ4n) is 2.69. The zero-order valence-corrected chi connectivity index (χ0v) is 17.6. The first-order valence-electron chi connectivity index (χ1n) is 9.00. The summed E-state index contributed by atoms with van der Waals surface area (Å²) in [7, 11) is 0. The number of aryl methyl sites for hydroxylation is 1. The number of rotatable bonds is 6. The highest BCUT2D eigenvalue weighted by Crippen LogP contribution is 2.27. The average Bonchev–Trinajstić information content (AvgIpc) is 2.68. The molecule has 0 fully saturated rings. The van der Waals surface area contributed by atoms with E-state index in [2.05, 4.69) is 10.3 Å². The topological polar surface area (TPSA) is 50.7 Å². The van der Waals surface area contributed by atoms with Crippen LogP contribution in [0.4, 0.5) is 11.4 Å². The summed E-state index contributed by atoms with van der Waals surface area (Å²) in [6, 6.07) is 18.3. The van der Waals surface area contributed by atoms with Gasteiger partial charge in [0.1, 0.15) is 5.75 Å². The van der Waals surface area contributed by atoms with E-state index in [1.807, 2.05) is 56.3 Å². The molecule has 1 N–H and O–H groups in total. The minimum absolute atomic E-state index is 0.132. The Bertz CT molecular complexity index is 1060. The van der Waals surface area contributed by atoms with Crippen LogP contribution in [0.25, 0.3) is 0 Å². The van der Waals surface area contributed by atoms with E-state index in [0.29, 0.717) is 21.4 Å². The van der Waals surface area contributed by atoms with E-state index in [1.165, 1.54) is 0 Å². The van der Waals surface area contributed by atoms with Crippen molar-refractivity contribution in [3.63, 3.8) is 0 Å². The minimum atomic E-state index is -0.251. The maximum absolute atomic E-state index is 12.2. The van der Waals surface area contributed by atoms with Crippen molar-refractivity contribution in [2.75, 3.05) is 11.9 Å². The Balaban J connectivity index is 1.72. The van der Waals surface area contributed by atoms with Crippen LogP contribution in [-0.4, -0.2) is 18.7 Å². The molecule has 29 heavy (non-hydrogen) atoms. The monoisotopic (exact) mass is 426 g/mol. The molecule has 0 aliphatic carbocycles. The normalized spacial score (nSPS) is 10.9. The second-order valence-electron chi connectivity index (χ2n) is 6.53. The van der Waals surface area contributed by atoms with Crippen LogP contribution in [0, 0.1) is 13.8 Å². The van der Waals surface area contributed by atoms with Gasteiger partial charge in [-0.15, -0.1) is 0 Å². The van der Waals surface area contributed by atoms with Crippen LogP contribution in [-0.2, 0) is 4.79 Å². The lowest BCUT2D eigenvalue weighted by atomic mass is 10.2. The number of carbonyl (C=O) groups is 1. The van der Waals surface area contributed by atoms with Crippen molar-refractivity contribution in [1.29, 1.82) is 0 Å². The summed E-state index contributed by atoms with van der Waals surface area (Å²) in [6.07, 6.45) is 1.65. The van der Waals surface area contributed by atoms with Crippen molar-refractivity contribution in [3.8, 4) is 5.75 Å². The predicted octanol–water partition coefficient (Wildman–Crippen LogP) is 6.38. The van der Waals surface area contributed by atoms with Crippen molar-refractivity contribution in [3.05, 3.63) is 87.4 Å². The van der Waals surface area contributed by atoms with Crippen molar-refractivity contribution >= 4 is 46.7 Å². The minimum Gasteiger partial charge on any atom is -0.483 e. The lowest BCUT2D eigenvalue weighted by Gasteiger charge is -2.10. The fraction of sp³-hybridized carbons (Fsp3) is 0.130. The largest absolute Gasteiger partial charge is 0.483 e.